The minimum atomic E-state index is -0.781. The van der Waals surface area contributed by atoms with Gasteiger partial charge in [0.05, 0.1) is 5.92 Å². The number of hydrogen-bond donors (Lipinski definition) is 5. The van der Waals surface area contributed by atoms with Gasteiger partial charge in [0.25, 0.3) is 0 Å². The number of alkyl carbamates (subject to hydrolysis) is 2. The molecule has 0 saturated carbocycles. The predicted molar refractivity (Wildman–Crippen MR) is 226 cm³/mol. The smallest absolute Gasteiger partial charge is 0.408 e. The number of aliphatic carboxylic acids is 1. The molecule has 2 saturated heterocycles. The molecule has 2 aliphatic rings. The van der Waals surface area contributed by atoms with E-state index in [9.17, 15) is 28.8 Å². The van der Waals surface area contributed by atoms with Gasteiger partial charge in [0.2, 0.25) is 5.91 Å². The summed E-state index contributed by atoms with van der Waals surface area (Å²) in [7, 11) is 0. The summed E-state index contributed by atoms with van der Waals surface area (Å²) >= 11 is 3.54. The third-order valence-corrected chi connectivity index (χ3v) is 9.83. The summed E-state index contributed by atoms with van der Waals surface area (Å²) in [6.07, 6.45) is 4.35. The first-order valence-electron chi connectivity index (χ1n) is 19.9. The first kappa shape index (κ1) is 54.1. The van der Waals surface area contributed by atoms with Gasteiger partial charge in [-0.2, -0.15) is 23.5 Å². The molecule has 0 unspecified atom stereocenters. The molecule has 0 aliphatic carbocycles. The molecule has 0 aromatic rings. The molecule has 0 aromatic carbocycles. The fourth-order valence-electron chi connectivity index (χ4n) is 4.94. The van der Waals surface area contributed by atoms with E-state index in [1.165, 1.54) is 0 Å². The number of unbranched alkanes of at least 4 members (excludes halogenated alkanes) is 2. The Morgan fingerprint density at radius 3 is 1.32 bits per heavy atom. The van der Waals surface area contributed by atoms with Crippen LogP contribution in [0.1, 0.15) is 134 Å². The van der Waals surface area contributed by atoms with Gasteiger partial charge in [0.15, 0.2) is 0 Å². The maximum absolute atomic E-state index is 12.4. The molecule has 0 bridgehead atoms. The minimum Gasteiger partial charge on any atom is -0.481 e. The summed E-state index contributed by atoms with van der Waals surface area (Å²) in [6.45, 7) is 22.4. The molecule has 2 rings (SSSR count). The van der Waals surface area contributed by atoms with E-state index >= 15 is 0 Å². The molecule has 0 spiro atoms. The zero-order valence-electron chi connectivity index (χ0n) is 36.6. The number of carboxylic acid groups (broad SMARTS) is 1. The lowest BCUT2D eigenvalue weighted by Crippen LogP contribution is -2.46. The fourth-order valence-corrected chi connectivity index (χ4v) is 7.37. The number of hydrogen-bond acceptors (Lipinski definition) is 13. The van der Waals surface area contributed by atoms with Crippen molar-refractivity contribution in [2.24, 2.45) is 17.6 Å². The first-order chi connectivity index (χ1) is 26.1. The van der Waals surface area contributed by atoms with E-state index < -0.39 is 64.6 Å². The number of esters is 2. The van der Waals surface area contributed by atoms with E-state index in [1.54, 1.807) is 94.8 Å². The number of thioether (sulfide) groups is 2. The lowest BCUT2D eigenvalue weighted by Gasteiger charge is -2.26. The molecule has 0 radical (unpaired) electrons. The van der Waals surface area contributed by atoms with E-state index in [1.807, 2.05) is 11.8 Å². The second-order valence-corrected chi connectivity index (χ2v) is 20.3. The number of ether oxygens (including phenoxy) is 4. The van der Waals surface area contributed by atoms with Crippen molar-refractivity contribution in [3.63, 3.8) is 0 Å². The van der Waals surface area contributed by atoms with Gasteiger partial charge in [-0.1, -0.05) is 0 Å². The van der Waals surface area contributed by atoms with Crippen molar-refractivity contribution in [3.05, 3.63) is 0 Å². The molecule has 332 valence electrons. The third-order valence-electron chi connectivity index (χ3n) is 7.51. The molecule has 2 heterocycles. The van der Waals surface area contributed by atoms with Crippen LogP contribution >= 0.6 is 23.5 Å². The van der Waals surface area contributed by atoms with E-state index in [2.05, 4.69) is 16.0 Å². The highest BCUT2D eigenvalue weighted by atomic mass is 32.2. The average Bonchev–Trinajstić information content (AvgIpc) is 3.77. The Bertz CT molecular complexity index is 1250. The van der Waals surface area contributed by atoms with Crippen LogP contribution in [0, 0.1) is 11.8 Å². The van der Waals surface area contributed by atoms with Crippen molar-refractivity contribution in [1.29, 1.82) is 0 Å². The lowest BCUT2D eigenvalue weighted by atomic mass is 10.1. The minimum absolute atomic E-state index is 0.0556. The van der Waals surface area contributed by atoms with Crippen LogP contribution in [0.15, 0.2) is 0 Å². The molecule has 0 aromatic heterocycles. The monoisotopic (exact) mass is 850 g/mol. The Hall–Kier alpha value is -2.92. The van der Waals surface area contributed by atoms with Crippen LogP contribution in [0.4, 0.5) is 9.59 Å². The Morgan fingerprint density at radius 2 is 1.00 bits per heavy atom. The molecular weight excluding hydrogens is 777 g/mol. The van der Waals surface area contributed by atoms with Gasteiger partial charge < -0.3 is 45.7 Å². The molecule has 2 fully saturated rings. The van der Waals surface area contributed by atoms with Crippen LogP contribution in [-0.4, -0.2) is 112 Å². The highest BCUT2D eigenvalue weighted by Gasteiger charge is 2.30. The van der Waals surface area contributed by atoms with Gasteiger partial charge in [-0.3, -0.25) is 9.59 Å². The van der Waals surface area contributed by atoms with Gasteiger partial charge in [0, 0.05) is 24.0 Å². The van der Waals surface area contributed by atoms with E-state index in [0.29, 0.717) is 32.4 Å². The highest BCUT2D eigenvalue weighted by molar-refractivity contribution is 7.99. The summed E-state index contributed by atoms with van der Waals surface area (Å²) in [6, 6.07) is -1.50. The summed E-state index contributed by atoms with van der Waals surface area (Å²) in [5.41, 5.74) is 2.95. The van der Waals surface area contributed by atoms with Gasteiger partial charge in [-0.05, 0) is 153 Å². The van der Waals surface area contributed by atoms with Crippen LogP contribution in [0.3, 0.4) is 0 Å². The Labute approximate surface area is 349 Å². The molecule has 6 N–H and O–H groups in total. The van der Waals surface area contributed by atoms with Crippen LogP contribution in [0.2, 0.25) is 0 Å². The second-order valence-electron chi connectivity index (χ2n) is 18.0. The third kappa shape index (κ3) is 29.9. The van der Waals surface area contributed by atoms with Crippen LogP contribution < -0.4 is 21.7 Å². The van der Waals surface area contributed by atoms with Crippen molar-refractivity contribution in [3.8, 4) is 0 Å². The zero-order chi connectivity index (χ0) is 44.0. The molecule has 2 aliphatic heterocycles. The van der Waals surface area contributed by atoms with Crippen LogP contribution in [-0.2, 0) is 38.1 Å². The van der Waals surface area contributed by atoms with E-state index in [0.717, 1.165) is 55.1 Å². The van der Waals surface area contributed by atoms with E-state index in [4.69, 9.17) is 29.8 Å². The van der Waals surface area contributed by atoms with Crippen molar-refractivity contribution in [2.45, 2.75) is 169 Å². The largest absolute Gasteiger partial charge is 0.481 e. The Balaban J connectivity index is 0.000000943. The Morgan fingerprint density at radius 1 is 0.614 bits per heavy atom. The normalized spacial score (nSPS) is 17.9. The molecule has 15 nitrogen and oxygen atoms in total. The molecule has 4 atom stereocenters. The van der Waals surface area contributed by atoms with Crippen LogP contribution in [0.5, 0.6) is 0 Å². The number of amides is 3. The summed E-state index contributed by atoms with van der Waals surface area (Å²) < 4.78 is 21.2. The van der Waals surface area contributed by atoms with Gasteiger partial charge in [-0.15, -0.1) is 0 Å². The average molecular weight is 851 g/mol. The molecule has 3 amide bonds. The number of nitrogens with one attached hydrogen (secondary N) is 3. The van der Waals surface area contributed by atoms with Gasteiger partial charge >= 0.3 is 30.1 Å². The SMILES string of the molecule is CC(C)(C)OC(=O)N[C@@H](CCCCN)C(=O)OC(C)(C)C.CC(C)(C)OC(=O)N[C@@H](CCCCNC(=O)[C@@H]1CCSC1)C(=O)OC(C)(C)C.O=C(O)[C@@H]1CCSC1. The molecular formula is C40H74N4O11S2. The number of carbonyl (C=O) groups excluding carboxylic acids is 5. The quantitative estimate of drug-likeness (QED) is 0.0681. The predicted octanol–water partition coefficient (Wildman–Crippen LogP) is 6.44. The summed E-state index contributed by atoms with van der Waals surface area (Å²) in [4.78, 5) is 70.6. The van der Waals surface area contributed by atoms with Crippen molar-refractivity contribution < 1.29 is 52.8 Å². The molecule has 17 heteroatoms. The number of nitrogens with two attached hydrogens (primary N) is 1. The molecule has 57 heavy (non-hydrogen) atoms. The zero-order valence-corrected chi connectivity index (χ0v) is 38.3. The lowest BCUT2D eigenvalue weighted by molar-refractivity contribution is -0.158. The number of carbonyl (C=O) groups is 6. The van der Waals surface area contributed by atoms with Gasteiger partial charge in [0.1, 0.15) is 34.5 Å². The van der Waals surface area contributed by atoms with Crippen molar-refractivity contribution in [1.82, 2.24) is 16.0 Å². The van der Waals surface area contributed by atoms with E-state index in [-0.39, 0.29) is 17.7 Å². The van der Waals surface area contributed by atoms with Crippen molar-refractivity contribution >= 4 is 59.5 Å². The van der Waals surface area contributed by atoms with Gasteiger partial charge in [-0.25, -0.2) is 19.2 Å². The highest BCUT2D eigenvalue weighted by Crippen LogP contribution is 2.24. The second kappa shape index (κ2) is 26.2. The summed E-state index contributed by atoms with van der Waals surface area (Å²) in [5.74, 6) is 2.39. The Kier molecular flexibility index (Phi) is 24.9. The standard InChI is InChI=1S/C20H36N2O5S.C15H30N2O4.C5H8O2S/c1-19(2,3)26-17(24)15(22-18(25)27-20(4,5)6)9-7-8-11-21-16(23)14-10-12-28-13-14;1-14(2,3)20-12(18)11(9-7-8-10-16)17-13(19)21-15(4,5)6;6-5(7)4-1-2-8-3-4/h14-15H,7-13H2,1-6H3,(H,21,23)(H,22,25);11H,7-10,16H2,1-6H3,(H,17,19);4H,1-3H2,(H,6,7)/t14-,15+;11-;4-/m101/s1. The van der Waals surface area contributed by atoms with Crippen LogP contribution in [0.25, 0.3) is 0 Å². The number of rotatable bonds is 15. The first-order valence-corrected chi connectivity index (χ1v) is 22.2. The maximum atomic E-state index is 12.4. The maximum Gasteiger partial charge on any atom is 0.408 e. The summed E-state index contributed by atoms with van der Waals surface area (Å²) in [5, 5.41) is 16.5. The topological polar surface area (TPSA) is 222 Å². The fraction of sp³-hybridized carbons (Fsp3) is 0.850. The number of carboxylic acids is 1. The van der Waals surface area contributed by atoms with Crippen molar-refractivity contribution in [2.75, 3.05) is 36.1 Å².